The van der Waals surface area contributed by atoms with Crippen molar-refractivity contribution in [3.63, 3.8) is 0 Å². The number of ether oxygens (including phenoxy) is 2. The van der Waals surface area contributed by atoms with E-state index in [1.807, 2.05) is 24.0 Å². The molecular formula is C19H30N2O3. The quantitative estimate of drug-likeness (QED) is 0.742. The third-order valence-corrected chi connectivity index (χ3v) is 4.63. The van der Waals surface area contributed by atoms with Gasteiger partial charge in [-0.15, -0.1) is 0 Å². The van der Waals surface area contributed by atoms with Gasteiger partial charge in [0.25, 0.3) is 0 Å². The van der Waals surface area contributed by atoms with Gasteiger partial charge in [-0.25, -0.2) is 0 Å². The van der Waals surface area contributed by atoms with Crippen LogP contribution in [0.5, 0.6) is 5.75 Å². The Labute approximate surface area is 145 Å². The summed E-state index contributed by atoms with van der Waals surface area (Å²) in [6.07, 6.45) is 3.41. The Morgan fingerprint density at radius 2 is 2.00 bits per heavy atom. The molecule has 2 rings (SSSR count). The third kappa shape index (κ3) is 5.49. The maximum Gasteiger partial charge on any atom is 0.226 e. The van der Waals surface area contributed by atoms with E-state index in [-0.39, 0.29) is 12.0 Å². The van der Waals surface area contributed by atoms with Crippen LogP contribution >= 0.6 is 0 Å². The van der Waals surface area contributed by atoms with Crippen molar-refractivity contribution in [3.8, 4) is 5.75 Å². The second-order valence-electron chi connectivity index (χ2n) is 6.39. The fourth-order valence-electron chi connectivity index (χ4n) is 2.89. The first-order chi connectivity index (χ1) is 11.6. The van der Waals surface area contributed by atoms with Crippen LogP contribution in [-0.2, 0) is 9.53 Å². The molecule has 24 heavy (non-hydrogen) atoms. The molecule has 0 aliphatic carbocycles. The van der Waals surface area contributed by atoms with E-state index in [1.165, 1.54) is 5.56 Å². The minimum absolute atomic E-state index is 0.167. The Bertz CT molecular complexity index is 525. The summed E-state index contributed by atoms with van der Waals surface area (Å²) < 4.78 is 11.6. The van der Waals surface area contributed by atoms with E-state index in [1.54, 1.807) is 0 Å². The molecule has 0 unspecified atom stereocenters. The number of rotatable bonds is 8. The Hall–Kier alpha value is -1.59. The number of likely N-dealkylation sites (tertiary alicyclic amines) is 1. The molecule has 1 amide bonds. The molecule has 0 atom stereocenters. The maximum atomic E-state index is 12.3. The predicted octanol–water partition coefficient (Wildman–Crippen LogP) is 2.43. The monoisotopic (exact) mass is 334 g/mol. The first kappa shape index (κ1) is 18.7. The van der Waals surface area contributed by atoms with Gasteiger partial charge in [-0.2, -0.15) is 0 Å². The lowest BCUT2D eigenvalue weighted by Crippen LogP contribution is -2.41. The molecule has 0 spiro atoms. The smallest absolute Gasteiger partial charge is 0.226 e. The third-order valence-electron chi connectivity index (χ3n) is 4.63. The van der Waals surface area contributed by atoms with Crippen LogP contribution in [-0.4, -0.2) is 49.8 Å². The van der Waals surface area contributed by atoms with Gasteiger partial charge >= 0.3 is 0 Å². The number of benzene rings is 1. The van der Waals surface area contributed by atoms with Crippen molar-refractivity contribution in [2.75, 3.05) is 32.8 Å². The number of hydrogen-bond acceptors (Lipinski definition) is 4. The second-order valence-corrected chi connectivity index (χ2v) is 6.39. The van der Waals surface area contributed by atoms with Gasteiger partial charge in [0.15, 0.2) is 0 Å². The Kier molecular flexibility index (Phi) is 7.53. The van der Waals surface area contributed by atoms with Crippen LogP contribution in [0.3, 0.4) is 0 Å². The molecular weight excluding hydrogens is 304 g/mol. The van der Waals surface area contributed by atoms with E-state index in [2.05, 4.69) is 13.0 Å². The summed E-state index contributed by atoms with van der Waals surface area (Å²) >= 11 is 0. The summed E-state index contributed by atoms with van der Waals surface area (Å²) in [6, 6.07) is 6.00. The van der Waals surface area contributed by atoms with Gasteiger partial charge in [0.2, 0.25) is 5.91 Å². The lowest BCUT2D eigenvalue weighted by molar-refractivity contribution is -0.134. The van der Waals surface area contributed by atoms with Crippen molar-refractivity contribution in [2.24, 2.45) is 5.73 Å². The number of carbonyl (C=O) groups is 1. The van der Waals surface area contributed by atoms with Gasteiger partial charge in [0.1, 0.15) is 5.75 Å². The average Bonchev–Trinajstić information content (AvgIpc) is 2.59. The number of piperidine rings is 1. The molecule has 5 nitrogen and oxygen atoms in total. The standard InChI is InChI=1S/C19H30N2O3/c1-15-5-3-6-18(16(15)2)24-14-9-19(22)21-11-7-17(8-12-21)23-13-4-10-20/h3,5-6,17H,4,7-14,20H2,1-2H3. The van der Waals surface area contributed by atoms with E-state index in [0.717, 1.165) is 50.3 Å². The van der Waals surface area contributed by atoms with Gasteiger partial charge in [0, 0.05) is 19.7 Å². The van der Waals surface area contributed by atoms with Gasteiger partial charge < -0.3 is 20.1 Å². The van der Waals surface area contributed by atoms with Crippen molar-refractivity contribution in [3.05, 3.63) is 29.3 Å². The van der Waals surface area contributed by atoms with E-state index in [4.69, 9.17) is 15.2 Å². The van der Waals surface area contributed by atoms with Crippen LogP contribution < -0.4 is 10.5 Å². The SMILES string of the molecule is Cc1cccc(OCCC(=O)N2CCC(OCCCN)CC2)c1C. The Balaban J connectivity index is 1.67. The normalized spacial score (nSPS) is 15.5. The van der Waals surface area contributed by atoms with Crippen LogP contribution in [0.15, 0.2) is 18.2 Å². The summed E-state index contributed by atoms with van der Waals surface area (Å²) in [5.41, 5.74) is 7.81. The highest BCUT2D eigenvalue weighted by Gasteiger charge is 2.22. The highest BCUT2D eigenvalue weighted by atomic mass is 16.5. The molecule has 0 radical (unpaired) electrons. The zero-order chi connectivity index (χ0) is 17.4. The van der Waals surface area contributed by atoms with Crippen molar-refractivity contribution >= 4 is 5.91 Å². The molecule has 0 bridgehead atoms. The highest BCUT2D eigenvalue weighted by Crippen LogP contribution is 2.21. The van der Waals surface area contributed by atoms with E-state index < -0.39 is 0 Å². The van der Waals surface area contributed by atoms with Gasteiger partial charge in [-0.3, -0.25) is 4.79 Å². The van der Waals surface area contributed by atoms with Crippen LogP contribution in [0.4, 0.5) is 0 Å². The molecule has 0 aromatic heterocycles. The maximum absolute atomic E-state index is 12.3. The van der Waals surface area contributed by atoms with Crippen LogP contribution in [0.25, 0.3) is 0 Å². The topological polar surface area (TPSA) is 64.8 Å². The molecule has 0 saturated carbocycles. The number of carbonyl (C=O) groups excluding carboxylic acids is 1. The van der Waals surface area contributed by atoms with Crippen molar-refractivity contribution in [2.45, 2.75) is 45.6 Å². The van der Waals surface area contributed by atoms with Crippen LogP contribution in [0, 0.1) is 13.8 Å². The fourth-order valence-corrected chi connectivity index (χ4v) is 2.89. The van der Waals surface area contributed by atoms with E-state index in [0.29, 0.717) is 19.6 Å². The number of nitrogens with zero attached hydrogens (tertiary/aromatic N) is 1. The number of nitrogens with two attached hydrogens (primary N) is 1. The summed E-state index contributed by atoms with van der Waals surface area (Å²) in [6.45, 7) is 7.47. The molecule has 134 valence electrons. The summed E-state index contributed by atoms with van der Waals surface area (Å²) in [5, 5.41) is 0. The molecule has 1 aliphatic heterocycles. The average molecular weight is 334 g/mol. The van der Waals surface area contributed by atoms with Crippen molar-refractivity contribution in [1.82, 2.24) is 4.90 Å². The van der Waals surface area contributed by atoms with Crippen LogP contribution in [0.1, 0.15) is 36.8 Å². The Morgan fingerprint density at radius 3 is 2.71 bits per heavy atom. The van der Waals surface area contributed by atoms with E-state index in [9.17, 15) is 4.79 Å². The first-order valence-corrected chi connectivity index (χ1v) is 8.90. The Morgan fingerprint density at radius 1 is 1.25 bits per heavy atom. The summed E-state index contributed by atoms with van der Waals surface area (Å²) in [4.78, 5) is 14.2. The minimum atomic E-state index is 0.167. The molecule has 1 fully saturated rings. The number of amides is 1. The fraction of sp³-hybridized carbons (Fsp3) is 0.632. The number of hydrogen-bond donors (Lipinski definition) is 1. The zero-order valence-corrected chi connectivity index (χ0v) is 14.9. The van der Waals surface area contributed by atoms with Gasteiger partial charge in [-0.05, 0) is 56.8 Å². The second kappa shape index (κ2) is 9.64. The molecule has 1 aliphatic rings. The molecule has 1 heterocycles. The molecule has 1 saturated heterocycles. The minimum Gasteiger partial charge on any atom is -0.493 e. The van der Waals surface area contributed by atoms with Gasteiger partial charge in [-0.1, -0.05) is 12.1 Å². The van der Waals surface area contributed by atoms with Gasteiger partial charge in [0.05, 0.1) is 19.1 Å². The van der Waals surface area contributed by atoms with Crippen molar-refractivity contribution < 1.29 is 14.3 Å². The zero-order valence-electron chi connectivity index (χ0n) is 14.9. The molecule has 1 aromatic carbocycles. The lowest BCUT2D eigenvalue weighted by atomic mass is 10.1. The summed E-state index contributed by atoms with van der Waals surface area (Å²) in [5.74, 6) is 1.04. The first-order valence-electron chi connectivity index (χ1n) is 8.90. The van der Waals surface area contributed by atoms with Crippen LogP contribution in [0.2, 0.25) is 0 Å². The predicted molar refractivity (Wildman–Crippen MR) is 95.3 cm³/mol. The van der Waals surface area contributed by atoms with E-state index >= 15 is 0 Å². The molecule has 1 aromatic rings. The molecule has 2 N–H and O–H groups in total. The summed E-state index contributed by atoms with van der Waals surface area (Å²) in [7, 11) is 0. The molecule has 5 heteroatoms. The van der Waals surface area contributed by atoms with Crippen molar-refractivity contribution in [1.29, 1.82) is 0 Å². The number of aryl methyl sites for hydroxylation is 1. The largest absolute Gasteiger partial charge is 0.493 e. The lowest BCUT2D eigenvalue weighted by Gasteiger charge is -2.32. The highest BCUT2D eigenvalue weighted by molar-refractivity contribution is 5.76.